The molecule has 0 aliphatic carbocycles. The van der Waals surface area contributed by atoms with Crippen molar-refractivity contribution in [2.45, 2.75) is 18.9 Å². The number of nitrogens with zero attached hydrogens (tertiary/aromatic N) is 3. The summed E-state index contributed by atoms with van der Waals surface area (Å²) in [6.07, 6.45) is 2.04. The van der Waals surface area contributed by atoms with Crippen LogP contribution in [0.3, 0.4) is 0 Å². The van der Waals surface area contributed by atoms with Crippen molar-refractivity contribution in [3.05, 3.63) is 33.1 Å². The number of halogens is 1. The molecule has 1 fully saturated rings. The molecule has 0 unspecified atom stereocenters. The number of aromatic nitrogens is 1. The third-order valence-corrected chi connectivity index (χ3v) is 3.37. The van der Waals surface area contributed by atoms with Crippen LogP contribution >= 0.6 is 11.6 Å². The minimum Gasteiger partial charge on any atom is -0.480 e. The monoisotopic (exact) mass is 299 g/mol. The molecule has 0 radical (unpaired) electrons. The van der Waals surface area contributed by atoms with Crippen LogP contribution in [0.5, 0.6) is 0 Å². The molecule has 1 amide bonds. The number of nitro groups is 1. The summed E-state index contributed by atoms with van der Waals surface area (Å²) in [4.78, 5) is 38.2. The molecular formula is C11H10ClN3O5. The number of carbonyl (C=O) groups is 2. The van der Waals surface area contributed by atoms with Crippen LogP contribution in [0.4, 0.5) is 5.69 Å². The Hall–Kier alpha value is -2.22. The zero-order chi connectivity index (χ0) is 14.9. The average molecular weight is 300 g/mol. The van der Waals surface area contributed by atoms with E-state index in [1.807, 2.05) is 0 Å². The summed E-state index contributed by atoms with van der Waals surface area (Å²) in [6, 6.07) is 0.206. The molecule has 1 saturated heterocycles. The van der Waals surface area contributed by atoms with Gasteiger partial charge in [-0.15, -0.1) is 0 Å². The van der Waals surface area contributed by atoms with E-state index in [4.69, 9.17) is 16.7 Å². The van der Waals surface area contributed by atoms with Gasteiger partial charge in [0, 0.05) is 12.7 Å². The van der Waals surface area contributed by atoms with Crippen molar-refractivity contribution in [3.63, 3.8) is 0 Å². The fourth-order valence-corrected chi connectivity index (χ4v) is 2.42. The number of aliphatic carboxylic acids is 1. The van der Waals surface area contributed by atoms with E-state index < -0.39 is 33.7 Å². The van der Waals surface area contributed by atoms with Gasteiger partial charge in [-0.2, -0.15) is 0 Å². The van der Waals surface area contributed by atoms with Gasteiger partial charge in [-0.1, -0.05) is 11.6 Å². The molecule has 0 spiro atoms. The quantitative estimate of drug-likeness (QED) is 0.511. The Bertz CT molecular complexity index is 591. The Labute approximate surface area is 118 Å². The Kier molecular flexibility index (Phi) is 3.84. The van der Waals surface area contributed by atoms with Crippen LogP contribution in [-0.4, -0.2) is 44.4 Å². The molecule has 0 saturated carbocycles. The predicted octanol–water partition coefficient (Wildman–Crippen LogP) is 1.33. The maximum atomic E-state index is 12.3. The van der Waals surface area contributed by atoms with Crippen molar-refractivity contribution in [1.82, 2.24) is 9.88 Å². The molecule has 1 atom stereocenters. The lowest BCUT2D eigenvalue weighted by Crippen LogP contribution is -2.40. The van der Waals surface area contributed by atoms with Crippen LogP contribution < -0.4 is 0 Å². The number of hydrogen-bond acceptors (Lipinski definition) is 5. The first-order valence-electron chi connectivity index (χ1n) is 5.76. The molecule has 2 rings (SSSR count). The Morgan fingerprint density at radius 1 is 1.55 bits per heavy atom. The van der Waals surface area contributed by atoms with Crippen molar-refractivity contribution in [1.29, 1.82) is 0 Å². The van der Waals surface area contributed by atoms with Gasteiger partial charge in [0.25, 0.3) is 5.91 Å². The van der Waals surface area contributed by atoms with Crippen LogP contribution in [0.2, 0.25) is 5.15 Å². The number of carboxylic acids is 1. The molecule has 1 N–H and O–H groups in total. The van der Waals surface area contributed by atoms with Crippen molar-refractivity contribution in [3.8, 4) is 0 Å². The number of carboxylic acid groups (broad SMARTS) is 1. The van der Waals surface area contributed by atoms with E-state index in [0.29, 0.717) is 12.8 Å². The molecule has 9 heteroatoms. The van der Waals surface area contributed by atoms with Crippen molar-refractivity contribution in [2.75, 3.05) is 6.54 Å². The van der Waals surface area contributed by atoms with E-state index >= 15 is 0 Å². The Morgan fingerprint density at radius 2 is 2.25 bits per heavy atom. The highest BCUT2D eigenvalue weighted by atomic mass is 35.5. The summed E-state index contributed by atoms with van der Waals surface area (Å²) in [6.45, 7) is 0.243. The van der Waals surface area contributed by atoms with E-state index in [9.17, 15) is 19.7 Å². The van der Waals surface area contributed by atoms with E-state index in [-0.39, 0.29) is 12.1 Å². The second kappa shape index (κ2) is 5.41. The van der Waals surface area contributed by atoms with E-state index in [0.717, 1.165) is 4.90 Å². The van der Waals surface area contributed by atoms with Gasteiger partial charge in [-0.05, 0) is 18.9 Å². The van der Waals surface area contributed by atoms with Gasteiger partial charge >= 0.3 is 11.7 Å². The maximum Gasteiger partial charge on any atom is 0.326 e. The molecule has 8 nitrogen and oxygen atoms in total. The second-order valence-corrected chi connectivity index (χ2v) is 4.61. The van der Waals surface area contributed by atoms with Crippen molar-refractivity contribution >= 4 is 29.2 Å². The lowest BCUT2D eigenvalue weighted by molar-refractivity contribution is -0.385. The lowest BCUT2D eigenvalue weighted by atomic mass is 10.1. The van der Waals surface area contributed by atoms with Crippen LogP contribution in [0.25, 0.3) is 0 Å². The number of carbonyl (C=O) groups excluding carboxylic acids is 1. The van der Waals surface area contributed by atoms with Gasteiger partial charge < -0.3 is 10.0 Å². The fourth-order valence-electron chi connectivity index (χ4n) is 2.20. The van der Waals surface area contributed by atoms with Gasteiger partial charge in [0.1, 0.15) is 11.6 Å². The number of hydrogen-bond donors (Lipinski definition) is 1. The summed E-state index contributed by atoms with van der Waals surface area (Å²) in [5.41, 5.74) is -0.849. The second-order valence-electron chi connectivity index (χ2n) is 4.25. The van der Waals surface area contributed by atoms with Crippen LogP contribution in [-0.2, 0) is 4.79 Å². The highest BCUT2D eigenvalue weighted by molar-refractivity contribution is 6.32. The first-order valence-corrected chi connectivity index (χ1v) is 6.14. The van der Waals surface area contributed by atoms with Crippen LogP contribution in [0.1, 0.15) is 23.2 Å². The number of rotatable bonds is 3. The molecule has 1 aromatic heterocycles. The molecule has 1 aliphatic heterocycles. The smallest absolute Gasteiger partial charge is 0.326 e. The van der Waals surface area contributed by atoms with E-state index in [1.54, 1.807) is 0 Å². The minimum atomic E-state index is -1.13. The fraction of sp³-hybridized carbons (Fsp3) is 0.364. The molecule has 1 aromatic rings. The third-order valence-electron chi connectivity index (χ3n) is 3.09. The standard InChI is InChI=1S/C11H10ClN3O5/c12-9-8(15(19)20)6(3-4-13-9)10(16)14-5-1-2-7(14)11(17)18/h3-4,7H,1-2,5H2,(H,17,18)/t7-/m0/s1. The lowest BCUT2D eigenvalue weighted by Gasteiger charge is -2.21. The molecule has 0 aromatic carbocycles. The molecule has 106 valence electrons. The highest BCUT2D eigenvalue weighted by Crippen LogP contribution is 2.29. The zero-order valence-corrected chi connectivity index (χ0v) is 10.9. The summed E-state index contributed by atoms with van der Waals surface area (Å²) < 4.78 is 0. The SMILES string of the molecule is O=C(O)[C@@H]1CCCN1C(=O)c1ccnc(Cl)c1[N+](=O)[O-]. The van der Waals surface area contributed by atoms with Gasteiger partial charge in [-0.3, -0.25) is 14.9 Å². The summed E-state index contributed by atoms with van der Waals surface area (Å²) in [5.74, 6) is -1.84. The number of amides is 1. The maximum absolute atomic E-state index is 12.3. The van der Waals surface area contributed by atoms with Gasteiger partial charge in [0.2, 0.25) is 5.15 Å². The minimum absolute atomic E-state index is 0.243. The largest absolute Gasteiger partial charge is 0.480 e. The first-order chi connectivity index (χ1) is 9.43. The molecule has 2 heterocycles. The van der Waals surface area contributed by atoms with Crippen LogP contribution in [0.15, 0.2) is 12.3 Å². The molecule has 1 aliphatic rings. The zero-order valence-electron chi connectivity index (χ0n) is 10.2. The van der Waals surface area contributed by atoms with Gasteiger partial charge in [0.05, 0.1) is 4.92 Å². The normalized spacial score (nSPS) is 18.1. The highest BCUT2D eigenvalue weighted by Gasteiger charge is 2.37. The van der Waals surface area contributed by atoms with Crippen molar-refractivity contribution in [2.24, 2.45) is 0 Å². The topological polar surface area (TPSA) is 114 Å². The van der Waals surface area contributed by atoms with Gasteiger partial charge in [0.15, 0.2) is 0 Å². The van der Waals surface area contributed by atoms with Gasteiger partial charge in [-0.25, -0.2) is 9.78 Å². The van der Waals surface area contributed by atoms with Crippen LogP contribution in [0, 0.1) is 10.1 Å². The molecule has 0 bridgehead atoms. The third kappa shape index (κ3) is 2.42. The average Bonchev–Trinajstić information content (AvgIpc) is 2.86. The predicted molar refractivity (Wildman–Crippen MR) is 67.6 cm³/mol. The van der Waals surface area contributed by atoms with E-state index in [2.05, 4.69) is 4.98 Å². The number of pyridine rings is 1. The van der Waals surface area contributed by atoms with E-state index in [1.165, 1.54) is 12.3 Å². The Balaban J connectivity index is 2.42. The van der Waals surface area contributed by atoms with Crippen molar-refractivity contribution < 1.29 is 19.6 Å². The Morgan fingerprint density at radius 3 is 2.85 bits per heavy atom. The molecular weight excluding hydrogens is 290 g/mol. The summed E-state index contributed by atoms with van der Waals surface area (Å²) in [7, 11) is 0. The molecule has 20 heavy (non-hydrogen) atoms. The summed E-state index contributed by atoms with van der Waals surface area (Å²) >= 11 is 5.63. The number of likely N-dealkylation sites (tertiary alicyclic amines) is 1. The summed E-state index contributed by atoms with van der Waals surface area (Å²) in [5, 5.41) is 19.6. The first kappa shape index (κ1) is 14.2.